The second-order valence-corrected chi connectivity index (χ2v) is 10.7. The molecule has 0 saturated heterocycles. The highest BCUT2D eigenvalue weighted by molar-refractivity contribution is 6.38. The molecule has 22 heteroatoms. The standard InChI is InChI=1S/C13H10ClF3N6.C11H3Cl2F3N4.C2H8N2.ClH/c1-22(2)21-12-10(9-7(16)3-6(15)4-8(9)17)11(14)20-13-18-5-19-23(12)13;12-9-8(7-5(15)1-4(14)2-6(7)16)10(13)20-11(19-9)17-3-18-20;1-4(2)3;/h3-5,21H,1-2H3;1-3H;3H2,1-2H3;1H/p-1. The summed E-state index contributed by atoms with van der Waals surface area (Å²) in [5, 5.41) is 10.1. The molecule has 4 aromatic heterocycles. The summed E-state index contributed by atoms with van der Waals surface area (Å²) in [4.78, 5) is 15.4. The lowest BCUT2D eigenvalue weighted by Crippen LogP contribution is -3.00. The Labute approximate surface area is 288 Å². The van der Waals surface area contributed by atoms with E-state index in [4.69, 9.17) is 40.6 Å². The topological polar surface area (TPSA) is 131 Å². The molecule has 0 atom stereocenters. The number of halogens is 10. The molecule has 48 heavy (non-hydrogen) atoms. The van der Waals surface area contributed by atoms with Crippen molar-refractivity contribution in [3.63, 3.8) is 0 Å². The van der Waals surface area contributed by atoms with Crippen molar-refractivity contribution in [2.45, 2.75) is 0 Å². The van der Waals surface area contributed by atoms with Gasteiger partial charge in [0.2, 0.25) is 0 Å². The average Bonchev–Trinajstić information content (AvgIpc) is 3.60. The Morgan fingerprint density at radius 2 is 1.02 bits per heavy atom. The quantitative estimate of drug-likeness (QED) is 0.120. The fourth-order valence-corrected chi connectivity index (χ4v) is 4.78. The molecule has 0 aliphatic rings. The largest absolute Gasteiger partial charge is 1.00 e. The molecule has 0 amide bonds. The number of benzene rings is 2. The van der Waals surface area contributed by atoms with Crippen LogP contribution in [0.3, 0.4) is 0 Å². The highest BCUT2D eigenvalue weighted by Gasteiger charge is 2.25. The van der Waals surface area contributed by atoms with E-state index in [-0.39, 0.29) is 56.4 Å². The first kappa shape index (κ1) is 38.4. The summed E-state index contributed by atoms with van der Waals surface area (Å²) >= 11 is 18.0. The maximum atomic E-state index is 14.2. The summed E-state index contributed by atoms with van der Waals surface area (Å²) in [6.07, 6.45) is 2.38. The van der Waals surface area contributed by atoms with Crippen LogP contribution in [-0.4, -0.2) is 77.4 Å². The highest BCUT2D eigenvalue weighted by Crippen LogP contribution is 2.38. The lowest BCUT2D eigenvalue weighted by molar-refractivity contribution is -0.0000138. The zero-order valence-corrected chi connectivity index (χ0v) is 27.8. The molecule has 2 aromatic carbocycles. The Kier molecular flexibility index (Phi) is 12.7. The number of nitrogens with zero attached hydrogens (tertiary/aromatic N) is 10. The minimum Gasteiger partial charge on any atom is -1.00 e. The van der Waals surface area contributed by atoms with Crippen LogP contribution in [-0.2, 0) is 0 Å². The van der Waals surface area contributed by atoms with Crippen molar-refractivity contribution in [1.29, 1.82) is 0 Å². The number of nitrogens with two attached hydrogens (primary N) is 1. The third-order valence-electron chi connectivity index (χ3n) is 5.55. The first-order chi connectivity index (χ1) is 22.1. The lowest BCUT2D eigenvalue weighted by atomic mass is 10.1. The first-order valence-electron chi connectivity index (χ1n) is 12.7. The molecule has 6 aromatic rings. The van der Waals surface area contributed by atoms with Gasteiger partial charge >= 0.3 is 0 Å². The SMILES string of the molecule is CN(C)N.CN(C)Nc1c(-c2c(F)cc(F)cc2F)c(Cl)nc2ncnn12.Fc1cc(F)c(-c2c(Cl)nc3ncnn3c2Cl)c(F)c1.[Cl-]. The van der Waals surface area contributed by atoms with E-state index in [2.05, 4.69) is 35.6 Å². The second kappa shape index (κ2) is 15.9. The van der Waals surface area contributed by atoms with Crippen molar-refractivity contribution in [1.82, 2.24) is 49.2 Å². The van der Waals surface area contributed by atoms with Gasteiger partial charge < -0.3 is 17.8 Å². The fourth-order valence-electron chi connectivity index (χ4n) is 3.91. The van der Waals surface area contributed by atoms with Crippen molar-refractivity contribution in [3.8, 4) is 22.3 Å². The van der Waals surface area contributed by atoms with E-state index in [0.717, 1.165) is 10.8 Å². The number of rotatable bonds is 4. The lowest BCUT2D eigenvalue weighted by Gasteiger charge is -2.19. The van der Waals surface area contributed by atoms with Crippen LogP contribution < -0.4 is 23.7 Å². The summed E-state index contributed by atoms with van der Waals surface area (Å²) in [5.41, 5.74) is 1.46. The van der Waals surface area contributed by atoms with Gasteiger partial charge in [-0.3, -0.25) is 10.9 Å². The van der Waals surface area contributed by atoms with Crippen molar-refractivity contribution >= 4 is 52.2 Å². The van der Waals surface area contributed by atoms with Gasteiger partial charge in [0.25, 0.3) is 11.6 Å². The minimum absolute atomic E-state index is 0. The Balaban J connectivity index is 0.000000232. The summed E-state index contributed by atoms with van der Waals surface area (Å²) < 4.78 is 84.4. The van der Waals surface area contributed by atoms with Gasteiger partial charge in [-0.05, 0) is 0 Å². The number of fused-ring (bicyclic) bond motifs is 2. The van der Waals surface area contributed by atoms with Crippen molar-refractivity contribution in [2.75, 3.05) is 33.6 Å². The molecular formula is C26H21Cl4F6N12-. The van der Waals surface area contributed by atoms with Crippen LogP contribution in [0.2, 0.25) is 15.5 Å². The minimum atomic E-state index is -1.15. The molecule has 0 bridgehead atoms. The molecule has 0 saturated carbocycles. The molecule has 0 aliphatic carbocycles. The molecule has 0 unspecified atom stereocenters. The van der Waals surface area contributed by atoms with E-state index < -0.39 is 46.0 Å². The predicted molar refractivity (Wildman–Crippen MR) is 162 cm³/mol. The number of hydrogen-bond acceptors (Lipinski definition) is 10. The zero-order chi connectivity index (χ0) is 34.7. The fraction of sp³-hybridized carbons (Fsp3) is 0.154. The normalized spacial score (nSPS) is 10.9. The molecule has 3 N–H and O–H groups in total. The van der Waals surface area contributed by atoms with Gasteiger partial charge in [0, 0.05) is 52.5 Å². The molecular weight excluding hydrogens is 736 g/mol. The second-order valence-electron chi connectivity index (χ2n) is 9.60. The van der Waals surface area contributed by atoms with Crippen molar-refractivity contribution in [2.24, 2.45) is 5.84 Å². The number of hydrazine groups is 2. The van der Waals surface area contributed by atoms with E-state index in [1.54, 1.807) is 28.2 Å². The van der Waals surface area contributed by atoms with Crippen LogP contribution in [0.15, 0.2) is 36.9 Å². The number of aromatic nitrogens is 8. The average molecular weight is 757 g/mol. The Hall–Kier alpha value is -4.04. The molecule has 4 heterocycles. The van der Waals surface area contributed by atoms with E-state index in [0.29, 0.717) is 24.3 Å². The smallest absolute Gasteiger partial charge is 0.255 e. The molecule has 0 radical (unpaired) electrons. The van der Waals surface area contributed by atoms with Crippen LogP contribution in [0.5, 0.6) is 0 Å². The predicted octanol–water partition coefficient (Wildman–Crippen LogP) is 2.69. The van der Waals surface area contributed by atoms with Gasteiger partial charge in [0.05, 0.1) is 22.3 Å². The Morgan fingerprint density at radius 1 is 0.646 bits per heavy atom. The van der Waals surface area contributed by atoms with Crippen LogP contribution in [0.1, 0.15) is 0 Å². The summed E-state index contributed by atoms with van der Waals surface area (Å²) in [7, 11) is 6.89. The molecule has 0 aliphatic heterocycles. The van der Waals surface area contributed by atoms with Gasteiger partial charge in [0.1, 0.15) is 63.0 Å². The van der Waals surface area contributed by atoms with E-state index in [9.17, 15) is 26.3 Å². The highest BCUT2D eigenvalue weighted by atomic mass is 35.5. The van der Waals surface area contributed by atoms with Crippen LogP contribution in [0, 0.1) is 34.9 Å². The van der Waals surface area contributed by atoms with Crippen molar-refractivity contribution < 1.29 is 38.7 Å². The van der Waals surface area contributed by atoms with Crippen LogP contribution in [0.4, 0.5) is 32.2 Å². The van der Waals surface area contributed by atoms with Gasteiger partial charge in [-0.1, -0.05) is 34.8 Å². The van der Waals surface area contributed by atoms with Crippen LogP contribution >= 0.6 is 34.8 Å². The summed E-state index contributed by atoms with van der Waals surface area (Å²) in [5.74, 6) is -1.27. The molecule has 0 spiro atoms. The van der Waals surface area contributed by atoms with Gasteiger partial charge in [-0.15, -0.1) is 0 Å². The number of anilines is 1. The summed E-state index contributed by atoms with van der Waals surface area (Å²) in [6, 6.07) is 2.19. The molecule has 256 valence electrons. The first-order valence-corrected chi connectivity index (χ1v) is 13.8. The van der Waals surface area contributed by atoms with Gasteiger partial charge in [-0.25, -0.2) is 31.4 Å². The molecule has 6 rings (SSSR count). The van der Waals surface area contributed by atoms with Crippen molar-refractivity contribution in [3.05, 3.63) is 87.3 Å². The Bertz CT molecular complexity index is 2030. The molecule has 0 fully saturated rings. The maximum Gasteiger partial charge on any atom is 0.255 e. The number of hydrogen-bond donors (Lipinski definition) is 2. The monoisotopic (exact) mass is 755 g/mol. The van der Waals surface area contributed by atoms with E-state index in [1.165, 1.54) is 20.9 Å². The third kappa shape index (κ3) is 8.32. The van der Waals surface area contributed by atoms with E-state index in [1.807, 2.05) is 0 Å². The number of nitrogens with one attached hydrogen (secondary N) is 1. The maximum absolute atomic E-state index is 14.2. The third-order valence-corrected chi connectivity index (χ3v) is 6.45. The van der Waals surface area contributed by atoms with Crippen LogP contribution in [0.25, 0.3) is 33.8 Å². The zero-order valence-electron chi connectivity index (χ0n) is 24.8. The summed E-state index contributed by atoms with van der Waals surface area (Å²) in [6.45, 7) is 0. The van der Waals surface area contributed by atoms with Gasteiger partial charge in [-0.2, -0.15) is 39.2 Å². The van der Waals surface area contributed by atoms with E-state index >= 15 is 0 Å². The molecule has 12 nitrogen and oxygen atoms in total. The van der Waals surface area contributed by atoms with Gasteiger partial charge in [0.15, 0.2) is 5.82 Å². The Morgan fingerprint density at radius 3 is 1.46 bits per heavy atom.